The largest absolute Gasteiger partial charge is 0.458 e. The van der Waals surface area contributed by atoms with Gasteiger partial charge in [0, 0.05) is 11.8 Å². The van der Waals surface area contributed by atoms with Gasteiger partial charge in [-0.1, -0.05) is 91.0 Å². The van der Waals surface area contributed by atoms with Crippen LogP contribution in [0.5, 0.6) is 0 Å². The lowest BCUT2D eigenvalue weighted by Crippen LogP contribution is -2.12. The number of hydrogen-bond donors (Lipinski definition) is 0. The van der Waals surface area contributed by atoms with Crippen molar-refractivity contribution in [2.45, 2.75) is 24.9 Å². The van der Waals surface area contributed by atoms with E-state index in [4.69, 9.17) is 4.74 Å². The van der Waals surface area contributed by atoms with Crippen LogP contribution in [0.2, 0.25) is 0 Å². The highest BCUT2D eigenvalue weighted by molar-refractivity contribution is 5.80. The molecule has 0 radical (unpaired) electrons. The van der Waals surface area contributed by atoms with Crippen LogP contribution < -0.4 is 0 Å². The molecule has 4 atom stereocenters. The van der Waals surface area contributed by atoms with Gasteiger partial charge in [0.25, 0.3) is 0 Å². The van der Waals surface area contributed by atoms with Crippen molar-refractivity contribution in [3.05, 3.63) is 108 Å². The standard InChI is InChI=1S/C24H22O2/c1-17(18-11-5-2-6-12-18)26-24(25)23-21(19-13-7-3-8-14-19)22(23)20-15-9-4-10-16-20/h2-17,21-23H,1H3/t17-,21-,22+,23?/m0/s1. The molecule has 2 nitrogen and oxygen atoms in total. The Balaban J connectivity index is 1.56. The summed E-state index contributed by atoms with van der Waals surface area (Å²) in [6.07, 6.45) is -0.239. The maximum absolute atomic E-state index is 12.9. The van der Waals surface area contributed by atoms with Crippen LogP contribution in [-0.4, -0.2) is 5.97 Å². The number of esters is 1. The molecule has 0 aliphatic heterocycles. The zero-order valence-electron chi connectivity index (χ0n) is 14.8. The molecule has 3 aromatic rings. The van der Waals surface area contributed by atoms with E-state index in [-0.39, 0.29) is 29.8 Å². The smallest absolute Gasteiger partial charge is 0.310 e. The SMILES string of the molecule is C[C@H](OC(=O)C1[C@@H](c2ccccc2)[C@H]1c1ccccc1)c1ccccc1. The van der Waals surface area contributed by atoms with Gasteiger partial charge in [0.2, 0.25) is 0 Å². The maximum atomic E-state index is 12.9. The van der Waals surface area contributed by atoms with Crippen molar-refractivity contribution in [3.8, 4) is 0 Å². The number of benzene rings is 3. The molecule has 0 N–H and O–H groups in total. The summed E-state index contributed by atoms with van der Waals surface area (Å²) in [5.74, 6) is 0.151. The molecule has 26 heavy (non-hydrogen) atoms. The second-order valence-electron chi connectivity index (χ2n) is 6.89. The monoisotopic (exact) mass is 342 g/mol. The van der Waals surface area contributed by atoms with E-state index in [1.54, 1.807) is 0 Å². The predicted molar refractivity (Wildman–Crippen MR) is 103 cm³/mol. The van der Waals surface area contributed by atoms with Gasteiger partial charge in [-0.25, -0.2) is 0 Å². The summed E-state index contributed by atoms with van der Waals surface area (Å²) in [4.78, 5) is 12.9. The van der Waals surface area contributed by atoms with Crippen LogP contribution in [0.1, 0.15) is 41.6 Å². The third kappa shape index (κ3) is 3.28. The Morgan fingerprint density at radius 3 is 1.62 bits per heavy atom. The fraction of sp³-hybridized carbons (Fsp3) is 0.208. The maximum Gasteiger partial charge on any atom is 0.310 e. The zero-order valence-corrected chi connectivity index (χ0v) is 14.8. The first-order valence-corrected chi connectivity index (χ1v) is 9.11. The molecule has 0 aromatic heterocycles. The average Bonchev–Trinajstić information content (AvgIpc) is 3.46. The first-order chi connectivity index (χ1) is 12.8. The summed E-state index contributed by atoms with van der Waals surface area (Å²) < 4.78 is 5.82. The topological polar surface area (TPSA) is 26.3 Å². The molecule has 2 heteroatoms. The van der Waals surface area contributed by atoms with E-state index in [1.807, 2.05) is 73.7 Å². The van der Waals surface area contributed by atoms with Crippen LogP contribution in [0.4, 0.5) is 0 Å². The molecule has 0 amide bonds. The van der Waals surface area contributed by atoms with E-state index >= 15 is 0 Å². The molecule has 1 saturated carbocycles. The van der Waals surface area contributed by atoms with Gasteiger partial charge in [0.15, 0.2) is 0 Å². The van der Waals surface area contributed by atoms with Gasteiger partial charge in [0.05, 0.1) is 5.92 Å². The normalized spacial score (nSPS) is 22.4. The first kappa shape index (κ1) is 16.6. The molecule has 1 fully saturated rings. The minimum absolute atomic E-state index is 0.107. The van der Waals surface area contributed by atoms with Gasteiger partial charge < -0.3 is 4.74 Å². The number of ether oxygens (including phenoxy) is 1. The molecule has 4 rings (SSSR count). The van der Waals surface area contributed by atoms with E-state index in [2.05, 4.69) is 24.3 Å². The van der Waals surface area contributed by atoms with Gasteiger partial charge in [-0.05, 0) is 23.6 Å². The third-order valence-corrected chi connectivity index (χ3v) is 5.22. The van der Waals surface area contributed by atoms with Crippen molar-refractivity contribution in [2.75, 3.05) is 0 Å². The molecule has 1 aliphatic rings. The van der Waals surface area contributed by atoms with E-state index in [0.717, 1.165) is 5.56 Å². The van der Waals surface area contributed by atoms with Gasteiger partial charge in [-0.15, -0.1) is 0 Å². The molecule has 1 aliphatic carbocycles. The average molecular weight is 342 g/mol. The summed E-state index contributed by atoms with van der Waals surface area (Å²) in [5.41, 5.74) is 3.43. The second-order valence-corrected chi connectivity index (χ2v) is 6.89. The fourth-order valence-corrected chi connectivity index (χ4v) is 3.83. The van der Waals surface area contributed by atoms with Crippen molar-refractivity contribution in [2.24, 2.45) is 5.92 Å². The highest BCUT2D eigenvalue weighted by atomic mass is 16.5. The van der Waals surface area contributed by atoms with Crippen molar-refractivity contribution < 1.29 is 9.53 Å². The lowest BCUT2D eigenvalue weighted by Gasteiger charge is -2.13. The Hall–Kier alpha value is -2.87. The minimum Gasteiger partial charge on any atom is -0.458 e. The number of carbonyl (C=O) groups is 1. The Bertz CT molecular complexity index is 813. The predicted octanol–water partition coefficient (Wildman–Crippen LogP) is 5.49. The van der Waals surface area contributed by atoms with Crippen LogP contribution in [0.15, 0.2) is 91.0 Å². The highest BCUT2D eigenvalue weighted by Crippen LogP contribution is 2.61. The molecular formula is C24H22O2. The second kappa shape index (κ2) is 7.17. The number of carbonyl (C=O) groups excluding carboxylic acids is 1. The van der Waals surface area contributed by atoms with Crippen LogP contribution in [0, 0.1) is 5.92 Å². The van der Waals surface area contributed by atoms with Crippen molar-refractivity contribution in [1.82, 2.24) is 0 Å². The molecule has 0 bridgehead atoms. The molecular weight excluding hydrogens is 320 g/mol. The van der Waals surface area contributed by atoms with Crippen LogP contribution in [-0.2, 0) is 9.53 Å². The zero-order chi connectivity index (χ0) is 17.9. The van der Waals surface area contributed by atoms with Gasteiger partial charge in [0.1, 0.15) is 6.10 Å². The highest BCUT2D eigenvalue weighted by Gasteiger charge is 2.57. The summed E-state index contributed by atoms with van der Waals surface area (Å²) in [6.45, 7) is 1.94. The Morgan fingerprint density at radius 2 is 1.15 bits per heavy atom. The lowest BCUT2D eigenvalue weighted by atomic mass is 10.0. The molecule has 130 valence electrons. The summed E-state index contributed by atoms with van der Waals surface area (Å²) in [5, 5.41) is 0. The third-order valence-electron chi connectivity index (χ3n) is 5.22. The lowest BCUT2D eigenvalue weighted by molar-refractivity contribution is -0.150. The van der Waals surface area contributed by atoms with Crippen LogP contribution >= 0.6 is 0 Å². The Kier molecular flexibility index (Phi) is 4.57. The molecule has 0 saturated heterocycles. The number of rotatable bonds is 5. The van der Waals surface area contributed by atoms with E-state index < -0.39 is 0 Å². The van der Waals surface area contributed by atoms with E-state index in [9.17, 15) is 4.79 Å². The van der Waals surface area contributed by atoms with Crippen molar-refractivity contribution in [3.63, 3.8) is 0 Å². The van der Waals surface area contributed by atoms with Crippen LogP contribution in [0.25, 0.3) is 0 Å². The number of hydrogen-bond acceptors (Lipinski definition) is 2. The minimum atomic E-state index is -0.239. The van der Waals surface area contributed by atoms with E-state index in [1.165, 1.54) is 11.1 Å². The molecule has 0 heterocycles. The van der Waals surface area contributed by atoms with Crippen LogP contribution in [0.3, 0.4) is 0 Å². The molecule has 3 aromatic carbocycles. The summed E-state index contributed by atoms with van der Waals surface area (Å²) in [7, 11) is 0. The molecule has 1 unspecified atom stereocenters. The Morgan fingerprint density at radius 1 is 0.731 bits per heavy atom. The summed E-state index contributed by atoms with van der Waals surface area (Å²) in [6, 6.07) is 30.5. The Labute approximate surface area is 154 Å². The van der Waals surface area contributed by atoms with Crippen molar-refractivity contribution in [1.29, 1.82) is 0 Å². The molecule has 0 spiro atoms. The van der Waals surface area contributed by atoms with Gasteiger partial charge in [-0.2, -0.15) is 0 Å². The van der Waals surface area contributed by atoms with Crippen molar-refractivity contribution >= 4 is 5.97 Å². The fourth-order valence-electron chi connectivity index (χ4n) is 3.83. The quantitative estimate of drug-likeness (QED) is 0.573. The van der Waals surface area contributed by atoms with Gasteiger partial charge >= 0.3 is 5.97 Å². The first-order valence-electron chi connectivity index (χ1n) is 9.11. The summed E-state index contributed by atoms with van der Waals surface area (Å²) >= 11 is 0. The van der Waals surface area contributed by atoms with E-state index in [0.29, 0.717) is 0 Å². The van der Waals surface area contributed by atoms with Gasteiger partial charge in [-0.3, -0.25) is 4.79 Å².